The normalized spacial score (nSPS) is 9.83. The van der Waals surface area contributed by atoms with E-state index in [1.807, 2.05) is 0 Å². The molecule has 4 heteroatoms. The first-order valence-electron chi connectivity index (χ1n) is 3.27. The molecule has 1 N–H and O–H groups in total. The number of hydrogen-bond donors (Lipinski definition) is 2. The molecule has 0 aromatic heterocycles. The summed E-state index contributed by atoms with van der Waals surface area (Å²) in [5.41, 5.74) is 0.975. The van der Waals surface area contributed by atoms with E-state index in [1.54, 1.807) is 12.1 Å². The summed E-state index contributed by atoms with van der Waals surface area (Å²) in [6.07, 6.45) is 0. The topological polar surface area (TPSA) is 37.3 Å². The van der Waals surface area contributed by atoms with Gasteiger partial charge < -0.3 is 5.11 Å². The first-order chi connectivity index (χ1) is 5.65. The molecule has 0 atom stereocenters. The van der Waals surface area contributed by atoms with E-state index >= 15 is 0 Å². The lowest BCUT2D eigenvalue weighted by atomic mass is 10.1. The van der Waals surface area contributed by atoms with Crippen LogP contribution in [0.1, 0.15) is 15.9 Å². The number of benzene rings is 1. The molecule has 1 rings (SSSR count). The minimum Gasteiger partial charge on any atom is -0.478 e. The molecule has 0 aliphatic rings. The van der Waals surface area contributed by atoms with Crippen molar-refractivity contribution in [1.82, 2.24) is 0 Å². The molecule has 0 aliphatic carbocycles. The Bertz CT molecular complexity index is 312. The first-order valence-corrected chi connectivity index (χ1v) is 4.28. The Morgan fingerprint density at radius 1 is 1.58 bits per heavy atom. The van der Waals surface area contributed by atoms with Crippen LogP contribution in [0.15, 0.2) is 18.2 Å². The third kappa shape index (κ3) is 1.93. The summed E-state index contributed by atoms with van der Waals surface area (Å²) in [4.78, 5) is 10.6. The molecule has 0 aliphatic heterocycles. The number of carbonyl (C=O) groups is 1. The average molecular weight is 203 g/mol. The molecule has 1 aromatic rings. The highest BCUT2D eigenvalue weighted by Crippen LogP contribution is 2.18. The van der Waals surface area contributed by atoms with Crippen LogP contribution in [-0.2, 0) is 5.75 Å². The van der Waals surface area contributed by atoms with Gasteiger partial charge in [0.15, 0.2) is 0 Å². The third-order valence-corrected chi connectivity index (χ3v) is 2.14. The summed E-state index contributed by atoms with van der Waals surface area (Å²) in [5, 5.41) is 8.93. The van der Waals surface area contributed by atoms with E-state index in [1.165, 1.54) is 6.07 Å². The Morgan fingerprint density at radius 3 is 2.75 bits per heavy atom. The second kappa shape index (κ2) is 3.83. The predicted molar refractivity (Wildman–Crippen MR) is 51.1 cm³/mol. The van der Waals surface area contributed by atoms with Crippen molar-refractivity contribution in [1.29, 1.82) is 0 Å². The number of halogens is 1. The van der Waals surface area contributed by atoms with Crippen molar-refractivity contribution in [2.45, 2.75) is 5.75 Å². The molecule has 0 fully saturated rings. The molecule has 0 unspecified atom stereocenters. The summed E-state index contributed by atoms with van der Waals surface area (Å²) in [5.74, 6) is -0.499. The molecular weight excluding hydrogens is 196 g/mol. The van der Waals surface area contributed by atoms with E-state index in [9.17, 15) is 4.79 Å². The zero-order chi connectivity index (χ0) is 9.14. The molecule has 0 saturated heterocycles. The Hall–Kier alpha value is -0.670. The number of thiol groups is 1. The number of carboxylic acid groups (broad SMARTS) is 1. The maximum Gasteiger partial charge on any atom is 0.337 e. The van der Waals surface area contributed by atoms with Gasteiger partial charge in [-0.2, -0.15) is 12.6 Å². The Labute approximate surface area is 80.6 Å². The van der Waals surface area contributed by atoms with Crippen LogP contribution in [0, 0.1) is 0 Å². The summed E-state index contributed by atoms with van der Waals surface area (Å²) in [6, 6.07) is 4.84. The third-order valence-electron chi connectivity index (χ3n) is 1.44. The highest BCUT2D eigenvalue weighted by atomic mass is 35.5. The molecule has 12 heavy (non-hydrogen) atoms. The standard InChI is InChI=1S/C8H7ClO2S/c9-7-2-1-5(4-12)3-6(7)8(10)11/h1-3,12H,4H2,(H,10,11). The zero-order valence-electron chi connectivity index (χ0n) is 6.12. The van der Waals surface area contributed by atoms with E-state index in [-0.39, 0.29) is 10.6 Å². The maximum absolute atomic E-state index is 10.6. The van der Waals surface area contributed by atoms with Crippen LogP contribution in [0.3, 0.4) is 0 Å². The van der Waals surface area contributed by atoms with Crippen LogP contribution in [-0.4, -0.2) is 11.1 Å². The summed E-state index contributed by atoms with van der Waals surface area (Å²) < 4.78 is 0. The number of rotatable bonds is 2. The molecule has 0 heterocycles. The summed E-state index contributed by atoms with van der Waals surface area (Å²) in [6.45, 7) is 0. The smallest absolute Gasteiger partial charge is 0.337 e. The Kier molecular flexibility index (Phi) is 3.00. The number of hydrogen-bond acceptors (Lipinski definition) is 2. The second-order valence-electron chi connectivity index (χ2n) is 2.28. The van der Waals surface area contributed by atoms with E-state index in [0.29, 0.717) is 5.75 Å². The monoisotopic (exact) mass is 202 g/mol. The van der Waals surface area contributed by atoms with Gasteiger partial charge in [0.2, 0.25) is 0 Å². The van der Waals surface area contributed by atoms with E-state index in [2.05, 4.69) is 12.6 Å². The van der Waals surface area contributed by atoms with Crippen LogP contribution >= 0.6 is 24.2 Å². The van der Waals surface area contributed by atoms with Crippen LogP contribution in [0.2, 0.25) is 5.02 Å². The van der Waals surface area contributed by atoms with Crippen molar-refractivity contribution < 1.29 is 9.90 Å². The van der Waals surface area contributed by atoms with Crippen molar-refractivity contribution in [2.24, 2.45) is 0 Å². The van der Waals surface area contributed by atoms with Gasteiger partial charge in [0.05, 0.1) is 10.6 Å². The molecular formula is C8H7ClO2S. The van der Waals surface area contributed by atoms with Crippen LogP contribution < -0.4 is 0 Å². The largest absolute Gasteiger partial charge is 0.478 e. The maximum atomic E-state index is 10.6. The van der Waals surface area contributed by atoms with Gasteiger partial charge >= 0.3 is 5.97 Å². The van der Waals surface area contributed by atoms with Crippen molar-refractivity contribution in [3.63, 3.8) is 0 Å². The minimum atomic E-state index is -1.01. The summed E-state index contributed by atoms with van der Waals surface area (Å²) >= 11 is 9.67. The Morgan fingerprint density at radius 2 is 2.25 bits per heavy atom. The molecule has 0 amide bonds. The number of carboxylic acids is 1. The zero-order valence-corrected chi connectivity index (χ0v) is 7.77. The van der Waals surface area contributed by atoms with Gasteiger partial charge in [-0.25, -0.2) is 4.79 Å². The minimum absolute atomic E-state index is 0.128. The van der Waals surface area contributed by atoms with Gasteiger partial charge in [0, 0.05) is 5.75 Å². The van der Waals surface area contributed by atoms with Crippen molar-refractivity contribution >= 4 is 30.2 Å². The second-order valence-corrected chi connectivity index (χ2v) is 3.00. The predicted octanol–water partition coefficient (Wildman–Crippen LogP) is 2.47. The van der Waals surface area contributed by atoms with Crippen molar-refractivity contribution in [3.05, 3.63) is 34.3 Å². The Balaban J connectivity index is 3.17. The van der Waals surface area contributed by atoms with Crippen molar-refractivity contribution in [3.8, 4) is 0 Å². The fraction of sp³-hybridized carbons (Fsp3) is 0.125. The average Bonchev–Trinajstić information content (AvgIpc) is 2.05. The van der Waals surface area contributed by atoms with Gasteiger partial charge in [-0.3, -0.25) is 0 Å². The molecule has 0 bridgehead atoms. The molecule has 2 nitrogen and oxygen atoms in total. The molecule has 0 spiro atoms. The highest BCUT2D eigenvalue weighted by Gasteiger charge is 2.08. The molecule has 0 saturated carbocycles. The fourth-order valence-corrected chi connectivity index (χ4v) is 1.23. The molecule has 0 radical (unpaired) electrons. The van der Waals surface area contributed by atoms with Gasteiger partial charge in [0.25, 0.3) is 0 Å². The fourth-order valence-electron chi connectivity index (χ4n) is 0.835. The number of aromatic carboxylic acids is 1. The SMILES string of the molecule is O=C(O)c1cc(CS)ccc1Cl. The lowest BCUT2D eigenvalue weighted by Gasteiger charge is -2.00. The van der Waals surface area contributed by atoms with Gasteiger partial charge in [-0.05, 0) is 17.7 Å². The molecule has 1 aromatic carbocycles. The van der Waals surface area contributed by atoms with Crippen molar-refractivity contribution in [2.75, 3.05) is 0 Å². The van der Waals surface area contributed by atoms with Gasteiger partial charge in [0.1, 0.15) is 0 Å². The lowest BCUT2D eigenvalue weighted by Crippen LogP contribution is -1.98. The first kappa shape index (κ1) is 9.42. The van der Waals surface area contributed by atoms with Crippen LogP contribution in [0.25, 0.3) is 0 Å². The quantitative estimate of drug-likeness (QED) is 0.723. The van der Waals surface area contributed by atoms with Gasteiger partial charge in [-0.15, -0.1) is 0 Å². The van der Waals surface area contributed by atoms with Gasteiger partial charge in [-0.1, -0.05) is 17.7 Å². The van der Waals surface area contributed by atoms with E-state index < -0.39 is 5.97 Å². The van der Waals surface area contributed by atoms with Crippen LogP contribution in [0.5, 0.6) is 0 Å². The highest BCUT2D eigenvalue weighted by molar-refractivity contribution is 7.79. The molecule has 64 valence electrons. The lowest BCUT2D eigenvalue weighted by molar-refractivity contribution is 0.0697. The van der Waals surface area contributed by atoms with Crippen LogP contribution in [0.4, 0.5) is 0 Å². The van der Waals surface area contributed by atoms with E-state index in [0.717, 1.165) is 5.56 Å². The van der Waals surface area contributed by atoms with E-state index in [4.69, 9.17) is 16.7 Å². The summed E-state index contributed by atoms with van der Waals surface area (Å²) in [7, 11) is 0.